The van der Waals surface area contributed by atoms with Gasteiger partial charge in [0.2, 0.25) is 11.7 Å². The van der Waals surface area contributed by atoms with E-state index in [1.54, 1.807) is 29.5 Å². The lowest BCUT2D eigenvalue weighted by molar-refractivity contribution is 0.0770. The lowest BCUT2D eigenvalue weighted by Gasteiger charge is -2.23. The molecule has 0 aromatic carbocycles. The molecule has 1 aliphatic carbocycles. The average Bonchev–Trinajstić information content (AvgIpc) is 3.44. The van der Waals surface area contributed by atoms with E-state index in [-0.39, 0.29) is 11.3 Å². The van der Waals surface area contributed by atoms with Crippen LogP contribution >= 0.6 is 11.3 Å². The summed E-state index contributed by atoms with van der Waals surface area (Å²) < 4.78 is 5.65. The molecule has 4 heterocycles. The maximum absolute atomic E-state index is 12.7. The van der Waals surface area contributed by atoms with Gasteiger partial charge in [-0.15, -0.1) is 11.3 Å². The van der Waals surface area contributed by atoms with E-state index in [9.17, 15) is 4.79 Å². The Morgan fingerprint density at radius 3 is 3.12 bits per heavy atom. The van der Waals surface area contributed by atoms with Crippen LogP contribution in [0.5, 0.6) is 0 Å². The van der Waals surface area contributed by atoms with Gasteiger partial charge < -0.3 is 9.42 Å². The van der Waals surface area contributed by atoms with Gasteiger partial charge in [-0.2, -0.15) is 4.98 Å². The van der Waals surface area contributed by atoms with Gasteiger partial charge in [-0.05, 0) is 18.8 Å². The van der Waals surface area contributed by atoms with Crippen LogP contribution in [0.3, 0.4) is 0 Å². The molecule has 0 spiro atoms. The molecule has 8 nitrogen and oxygen atoms in total. The number of fused-ring (bicyclic) bond motifs is 1. The van der Waals surface area contributed by atoms with Gasteiger partial charge in [0.15, 0.2) is 0 Å². The highest BCUT2D eigenvalue weighted by atomic mass is 32.1. The lowest BCUT2D eigenvalue weighted by atomic mass is 9.80. The normalized spacial score (nSPS) is 24.8. The van der Waals surface area contributed by atoms with Crippen molar-refractivity contribution < 1.29 is 9.32 Å². The second-order valence-corrected chi connectivity index (χ2v) is 7.54. The van der Waals surface area contributed by atoms with Gasteiger partial charge in [-0.1, -0.05) is 11.6 Å². The van der Waals surface area contributed by atoms with Crippen LogP contribution < -0.4 is 0 Å². The number of rotatable bonds is 3. The first-order chi connectivity index (χ1) is 12.8. The van der Waals surface area contributed by atoms with Crippen LogP contribution in [0.25, 0.3) is 11.5 Å². The first-order valence-electron chi connectivity index (χ1n) is 8.54. The van der Waals surface area contributed by atoms with Crippen LogP contribution in [-0.2, 0) is 5.41 Å². The molecule has 0 bridgehead atoms. The van der Waals surface area contributed by atoms with Crippen LogP contribution in [0.1, 0.15) is 35.6 Å². The van der Waals surface area contributed by atoms with Crippen molar-refractivity contribution in [1.29, 1.82) is 0 Å². The largest absolute Gasteiger partial charge is 0.338 e. The summed E-state index contributed by atoms with van der Waals surface area (Å²) in [6.07, 6.45) is 7.93. The van der Waals surface area contributed by atoms with Crippen LogP contribution in [0, 0.1) is 5.92 Å². The number of likely N-dealkylation sites (tertiary alicyclic amines) is 1. The van der Waals surface area contributed by atoms with Crippen molar-refractivity contribution in [3.63, 3.8) is 0 Å². The Morgan fingerprint density at radius 1 is 1.35 bits per heavy atom. The first-order valence-corrected chi connectivity index (χ1v) is 9.48. The SMILES string of the molecule is O=C(c1cscn1)N1C[C@H]2CCC[C@@]2(c2nc(-c3cnccn3)no2)C1. The molecule has 1 aliphatic heterocycles. The molecule has 2 aliphatic rings. The van der Waals surface area contributed by atoms with E-state index in [0.29, 0.717) is 42.1 Å². The van der Waals surface area contributed by atoms with Crippen molar-refractivity contribution in [2.45, 2.75) is 24.7 Å². The minimum Gasteiger partial charge on any atom is -0.338 e. The zero-order valence-corrected chi connectivity index (χ0v) is 14.7. The molecule has 1 saturated heterocycles. The zero-order chi connectivity index (χ0) is 17.6. The van der Waals surface area contributed by atoms with Gasteiger partial charge in [-0.3, -0.25) is 9.78 Å². The Balaban J connectivity index is 1.46. The number of thiazole rings is 1. The second kappa shape index (κ2) is 5.94. The lowest BCUT2D eigenvalue weighted by Crippen LogP contribution is -2.35. The molecule has 2 fully saturated rings. The van der Waals surface area contributed by atoms with Crippen LogP contribution in [0.2, 0.25) is 0 Å². The number of hydrogen-bond acceptors (Lipinski definition) is 8. The zero-order valence-electron chi connectivity index (χ0n) is 13.9. The molecule has 3 aromatic rings. The predicted molar refractivity (Wildman–Crippen MR) is 92.4 cm³/mol. The second-order valence-electron chi connectivity index (χ2n) is 6.82. The summed E-state index contributed by atoms with van der Waals surface area (Å²) in [5.41, 5.74) is 2.52. The number of nitrogens with zero attached hydrogens (tertiary/aromatic N) is 6. The topological polar surface area (TPSA) is 97.9 Å². The Labute approximate surface area is 153 Å². The van der Waals surface area contributed by atoms with Gasteiger partial charge in [0.1, 0.15) is 11.4 Å². The highest BCUT2D eigenvalue weighted by Crippen LogP contribution is 2.50. The average molecular weight is 368 g/mol. The molecule has 0 unspecified atom stereocenters. The van der Waals surface area contributed by atoms with Crippen LogP contribution in [-0.4, -0.2) is 49.0 Å². The molecule has 9 heteroatoms. The Hall–Kier alpha value is -2.68. The fraction of sp³-hybridized carbons (Fsp3) is 0.412. The van der Waals surface area contributed by atoms with E-state index < -0.39 is 0 Å². The van der Waals surface area contributed by atoms with Crippen LogP contribution in [0.4, 0.5) is 0 Å². The van der Waals surface area contributed by atoms with Crippen molar-refractivity contribution in [2.75, 3.05) is 13.1 Å². The summed E-state index contributed by atoms with van der Waals surface area (Å²) in [5.74, 6) is 1.36. The van der Waals surface area contributed by atoms with E-state index in [4.69, 9.17) is 4.52 Å². The summed E-state index contributed by atoms with van der Waals surface area (Å²) in [4.78, 5) is 31.7. The van der Waals surface area contributed by atoms with Gasteiger partial charge in [0.05, 0.1) is 17.1 Å². The first kappa shape index (κ1) is 15.6. The summed E-state index contributed by atoms with van der Waals surface area (Å²) in [6, 6.07) is 0. The summed E-state index contributed by atoms with van der Waals surface area (Å²) >= 11 is 1.43. The van der Waals surface area contributed by atoms with E-state index in [1.807, 2.05) is 4.90 Å². The molecule has 0 radical (unpaired) electrons. The molecule has 2 atom stereocenters. The molecule has 1 amide bonds. The number of carbonyl (C=O) groups is 1. The molecular formula is C17H16N6O2S. The number of amides is 1. The molecule has 0 N–H and O–H groups in total. The fourth-order valence-electron chi connectivity index (χ4n) is 4.22. The Kier molecular flexibility index (Phi) is 3.56. The number of aromatic nitrogens is 5. The third-order valence-corrected chi connectivity index (χ3v) is 6.04. The van der Waals surface area contributed by atoms with Gasteiger partial charge in [-0.25, -0.2) is 9.97 Å². The van der Waals surface area contributed by atoms with E-state index in [2.05, 4.69) is 25.1 Å². The smallest absolute Gasteiger partial charge is 0.273 e. The monoisotopic (exact) mass is 368 g/mol. The highest BCUT2D eigenvalue weighted by molar-refractivity contribution is 7.07. The highest BCUT2D eigenvalue weighted by Gasteiger charge is 2.55. The number of carbonyl (C=O) groups excluding carboxylic acids is 1. The van der Waals surface area contributed by atoms with Crippen molar-refractivity contribution in [3.8, 4) is 11.5 Å². The summed E-state index contributed by atoms with van der Waals surface area (Å²) in [5, 5.41) is 5.90. The Bertz CT molecular complexity index is 928. The number of hydrogen-bond donors (Lipinski definition) is 0. The maximum Gasteiger partial charge on any atom is 0.273 e. The molecular weight excluding hydrogens is 352 g/mol. The van der Waals surface area contributed by atoms with Crippen molar-refractivity contribution >= 4 is 17.2 Å². The van der Waals surface area contributed by atoms with Crippen molar-refractivity contribution in [3.05, 3.63) is 41.1 Å². The van der Waals surface area contributed by atoms with Gasteiger partial charge >= 0.3 is 0 Å². The maximum atomic E-state index is 12.7. The summed E-state index contributed by atoms with van der Waals surface area (Å²) in [6.45, 7) is 1.30. The molecule has 26 heavy (non-hydrogen) atoms. The quantitative estimate of drug-likeness (QED) is 0.699. The molecule has 1 saturated carbocycles. The minimum atomic E-state index is -0.265. The summed E-state index contributed by atoms with van der Waals surface area (Å²) in [7, 11) is 0. The third kappa shape index (κ3) is 2.34. The molecule has 132 valence electrons. The van der Waals surface area contributed by atoms with E-state index in [1.165, 1.54) is 11.3 Å². The van der Waals surface area contributed by atoms with Crippen molar-refractivity contribution in [1.82, 2.24) is 30.0 Å². The fourth-order valence-corrected chi connectivity index (χ4v) is 4.74. The third-order valence-electron chi connectivity index (χ3n) is 5.45. The molecule has 3 aromatic heterocycles. The van der Waals surface area contributed by atoms with E-state index in [0.717, 1.165) is 19.3 Å². The van der Waals surface area contributed by atoms with E-state index >= 15 is 0 Å². The van der Waals surface area contributed by atoms with Gasteiger partial charge in [0, 0.05) is 30.9 Å². The minimum absolute atomic E-state index is 0.0197. The Morgan fingerprint density at radius 2 is 2.31 bits per heavy atom. The standard InChI is InChI=1S/C17H16N6O2S/c24-15(13-8-26-10-20-13)23-7-11-2-1-3-17(11,9-23)16-21-14(22-25-16)12-6-18-4-5-19-12/h4-6,8,10-11H,1-3,7,9H2/t11-,17-/m1/s1. The van der Waals surface area contributed by atoms with Crippen LogP contribution in [0.15, 0.2) is 34.0 Å². The van der Waals surface area contributed by atoms with Gasteiger partial charge in [0.25, 0.3) is 5.91 Å². The van der Waals surface area contributed by atoms with Crippen molar-refractivity contribution in [2.24, 2.45) is 5.92 Å². The predicted octanol–water partition coefficient (Wildman–Crippen LogP) is 2.18. The molecule has 5 rings (SSSR count).